The quantitative estimate of drug-likeness (QED) is 0.816. The largest absolute Gasteiger partial charge is 0.325 e. The van der Waals surface area contributed by atoms with Gasteiger partial charge in [0.05, 0.1) is 17.7 Å². The molecule has 0 saturated heterocycles. The van der Waals surface area contributed by atoms with Crippen LogP contribution >= 0.6 is 0 Å². The Bertz CT molecular complexity index is 506. The smallest absolute Gasteiger partial charge is 0.238 e. The zero-order chi connectivity index (χ0) is 12.1. The van der Waals surface area contributed by atoms with Gasteiger partial charge < -0.3 is 5.32 Å². The molecule has 0 spiro atoms. The van der Waals surface area contributed by atoms with E-state index < -0.39 is 0 Å². The number of aryl methyl sites for hydroxylation is 2. The van der Waals surface area contributed by atoms with Gasteiger partial charge in [0, 0.05) is 5.69 Å². The molecule has 16 heavy (non-hydrogen) atoms. The first-order chi connectivity index (χ1) is 7.58. The van der Waals surface area contributed by atoms with Crippen molar-refractivity contribution in [3.05, 3.63) is 28.8 Å². The van der Waals surface area contributed by atoms with E-state index in [1.807, 2.05) is 19.9 Å². The SMILES string of the molecule is Cc1cc(C)c(NC(=O)CC#N)cc1C#N. The second-order valence-electron chi connectivity index (χ2n) is 3.48. The molecule has 0 unspecified atom stereocenters. The van der Waals surface area contributed by atoms with Gasteiger partial charge in [-0.25, -0.2) is 0 Å². The summed E-state index contributed by atoms with van der Waals surface area (Å²) in [5, 5.41) is 19.8. The lowest BCUT2D eigenvalue weighted by Crippen LogP contribution is -2.11. The monoisotopic (exact) mass is 213 g/mol. The molecule has 4 heteroatoms. The van der Waals surface area contributed by atoms with Gasteiger partial charge in [-0.15, -0.1) is 0 Å². The Labute approximate surface area is 94.1 Å². The Kier molecular flexibility index (Phi) is 3.63. The lowest BCUT2D eigenvalue weighted by Gasteiger charge is -2.09. The average molecular weight is 213 g/mol. The number of nitrogens with zero attached hydrogens (tertiary/aromatic N) is 2. The number of hydrogen-bond acceptors (Lipinski definition) is 3. The minimum Gasteiger partial charge on any atom is -0.325 e. The summed E-state index contributed by atoms with van der Waals surface area (Å²) in [6.07, 6.45) is -0.185. The topological polar surface area (TPSA) is 76.7 Å². The highest BCUT2D eigenvalue weighted by molar-refractivity contribution is 5.93. The van der Waals surface area contributed by atoms with Gasteiger partial charge in [0.25, 0.3) is 0 Å². The molecule has 0 heterocycles. The molecule has 1 aromatic rings. The molecule has 0 aromatic heterocycles. The summed E-state index contributed by atoms with van der Waals surface area (Å²) in [6.45, 7) is 3.68. The number of nitriles is 2. The van der Waals surface area contributed by atoms with E-state index in [4.69, 9.17) is 10.5 Å². The molecule has 80 valence electrons. The van der Waals surface area contributed by atoms with Crippen LogP contribution in [0.25, 0.3) is 0 Å². The van der Waals surface area contributed by atoms with Crippen LogP contribution in [0.3, 0.4) is 0 Å². The zero-order valence-electron chi connectivity index (χ0n) is 9.16. The highest BCUT2D eigenvalue weighted by Gasteiger charge is 2.07. The molecule has 4 nitrogen and oxygen atoms in total. The highest BCUT2D eigenvalue weighted by Crippen LogP contribution is 2.20. The van der Waals surface area contributed by atoms with Crippen molar-refractivity contribution in [2.75, 3.05) is 5.32 Å². The molecular weight excluding hydrogens is 202 g/mol. The lowest BCUT2D eigenvalue weighted by molar-refractivity contribution is -0.115. The van der Waals surface area contributed by atoms with Gasteiger partial charge in [0.1, 0.15) is 6.42 Å². The summed E-state index contributed by atoms with van der Waals surface area (Å²) >= 11 is 0. The van der Waals surface area contributed by atoms with Crippen molar-refractivity contribution in [1.29, 1.82) is 10.5 Å². The number of carbonyl (C=O) groups excluding carboxylic acids is 1. The van der Waals surface area contributed by atoms with Gasteiger partial charge in [0.2, 0.25) is 5.91 Å². The van der Waals surface area contributed by atoms with Crippen molar-refractivity contribution >= 4 is 11.6 Å². The lowest BCUT2D eigenvalue weighted by atomic mass is 10.0. The predicted octanol–water partition coefficient (Wildman–Crippen LogP) is 2.03. The number of amides is 1. The first-order valence-electron chi connectivity index (χ1n) is 4.76. The molecule has 0 aliphatic rings. The molecule has 0 aliphatic heterocycles. The van der Waals surface area contributed by atoms with Gasteiger partial charge in [-0.05, 0) is 31.0 Å². The molecular formula is C12H11N3O. The fourth-order valence-corrected chi connectivity index (χ4v) is 1.37. The number of anilines is 1. The molecule has 1 amide bonds. The number of carbonyl (C=O) groups is 1. The van der Waals surface area contributed by atoms with Crippen molar-refractivity contribution in [1.82, 2.24) is 0 Å². The van der Waals surface area contributed by atoms with Crippen molar-refractivity contribution in [2.24, 2.45) is 0 Å². The molecule has 0 fully saturated rings. The van der Waals surface area contributed by atoms with E-state index in [0.29, 0.717) is 11.3 Å². The summed E-state index contributed by atoms with van der Waals surface area (Å²) < 4.78 is 0. The third kappa shape index (κ3) is 2.59. The van der Waals surface area contributed by atoms with Gasteiger partial charge in [-0.1, -0.05) is 6.07 Å². The second kappa shape index (κ2) is 4.95. The predicted molar refractivity (Wildman–Crippen MR) is 59.5 cm³/mol. The van der Waals surface area contributed by atoms with Crippen molar-refractivity contribution in [3.63, 3.8) is 0 Å². The van der Waals surface area contributed by atoms with Crippen molar-refractivity contribution in [2.45, 2.75) is 20.3 Å². The van der Waals surface area contributed by atoms with E-state index in [2.05, 4.69) is 11.4 Å². The van der Waals surface area contributed by atoms with Crippen LogP contribution in [-0.2, 0) is 4.79 Å². The average Bonchev–Trinajstić information content (AvgIpc) is 2.22. The Morgan fingerprint density at radius 3 is 2.56 bits per heavy atom. The number of benzene rings is 1. The van der Waals surface area contributed by atoms with E-state index in [1.165, 1.54) is 0 Å². The highest BCUT2D eigenvalue weighted by atomic mass is 16.1. The minimum absolute atomic E-state index is 0.185. The molecule has 1 aromatic carbocycles. The maximum atomic E-state index is 11.2. The minimum atomic E-state index is -0.363. The summed E-state index contributed by atoms with van der Waals surface area (Å²) in [7, 11) is 0. The molecule has 1 N–H and O–H groups in total. The third-order valence-electron chi connectivity index (χ3n) is 2.21. The fraction of sp³-hybridized carbons (Fsp3) is 0.250. The molecule has 0 bridgehead atoms. The van der Waals surface area contributed by atoms with Crippen LogP contribution in [0.15, 0.2) is 12.1 Å². The Hall–Kier alpha value is -2.33. The van der Waals surface area contributed by atoms with E-state index in [0.717, 1.165) is 11.1 Å². The summed E-state index contributed by atoms with van der Waals surface area (Å²) in [5.41, 5.74) is 2.86. The van der Waals surface area contributed by atoms with Crippen LogP contribution in [0.4, 0.5) is 5.69 Å². The third-order valence-corrected chi connectivity index (χ3v) is 2.21. The summed E-state index contributed by atoms with van der Waals surface area (Å²) in [4.78, 5) is 11.2. The van der Waals surface area contributed by atoms with E-state index >= 15 is 0 Å². The molecule has 0 radical (unpaired) electrons. The first kappa shape index (κ1) is 11.7. The van der Waals surface area contributed by atoms with E-state index in [1.54, 1.807) is 12.1 Å². The second-order valence-corrected chi connectivity index (χ2v) is 3.48. The molecule has 0 aliphatic carbocycles. The maximum absolute atomic E-state index is 11.2. The number of nitrogens with one attached hydrogen (secondary N) is 1. The molecule has 0 atom stereocenters. The van der Waals surface area contributed by atoms with Crippen LogP contribution in [-0.4, -0.2) is 5.91 Å². The van der Waals surface area contributed by atoms with Crippen molar-refractivity contribution in [3.8, 4) is 12.1 Å². The fourth-order valence-electron chi connectivity index (χ4n) is 1.37. The Morgan fingerprint density at radius 2 is 2.00 bits per heavy atom. The molecule has 1 rings (SSSR count). The molecule has 0 saturated carbocycles. The summed E-state index contributed by atoms with van der Waals surface area (Å²) in [6, 6.07) is 7.28. The van der Waals surface area contributed by atoms with E-state index in [9.17, 15) is 4.79 Å². The summed E-state index contributed by atoms with van der Waals surface area (Å²) in [5.74, 6) is -0.363. The van der Waals surface area contributed by atoms with Crippen LogP contribution in [0, 0.1) is 36.5 Å². The van der Waals surface area contributed by atoms with Crippen LogP contribution in [0.5, 0.6) is 0 Å². The van der Waals surface area contributed by atoms with Gasteiger partial charge >= 0.3 is 0 Å². The van der Waals surface area contributed by atoms with Crippen molar-refractivity contribution < 1.29 is 4.79 Å². The Morgan fingerprint density at radius 1 is 1.31 bits per heavy atom. The van der Waals surface area contributed by atoms with Crippen LogP contribution in [0.2, 0.25) is 0 Å². The van der Waals surface area contributed by atoms with Gasteiger partial charge in [-0.2, -0.15) is 10.5 Å². The van der Waals surface area contributed by atoms with Gasteiger partial charge in [-0.3, -0.25) is 4.79 Å². The first-order valence-corrected chi connectivity index (χ1v) is 4.76. The normalized spacial score (nSPS) is 9.00. The van der Waals surface area contributed by atoms with Crippen LogP contribution < -0.4 is 5.32 Å². The maximum Gasteiger partial charge on any atom is 0.238 e. The standard InChI is InChI=1S/C12H11N3O/c1-8-5-9(2)11(6-10(8)7-14)15-12(16)3-4-13/h5-6H,3H2,1-2H3,(H,15,16). The Balaban J connectivity index is 3.02. The van der Waals surface area contributed by atoms with Crippen LogP contribution in [0.1, 0.15) is 23.1 Å². The van der Waals surface area contributed by atoms with E-state index in [-0.39, 0.29) is 12.3 Å². The number of rotatable bonds is 2. The number of hydrogen-bond donors (Lipinski definition) is 1. The van der Waals surface area contributed by atoms with Gasteiger partial charge in [0.15, 0.2) is 0 Å². The zero-order valence-corrected chi connectivity index (χ0v) is 9.16.